The van der Waals surface area contributed by atoms with Gasteiger partial charge in [-0.05, 0) is 6.42 Å². The highest BCUT2D eigenvalue weighted by Gasteiger charge is 2.27. The van der Waals surface area contributed by atoms with Gasteiger partial charge in [0.25, 0.3) is 0 Å². The van der Waals surface area contributed by atoms with E-state index in [-0.39, 0.29) is 0 Å². The number of aliphatic hydroxyl groups excluding tert-OH is 2. The van der Waals surface area contributed by atoms with Gasteiger partial charge in [-0.3, -0.25) is 10.1 Å². The third-order valence-electron chi connectivity index (χ3n) is 1.49. The first kappa shape index (κ1) is 10.3. The lowest BCUT2D eigenvalue weighted by atomic mass is 10.1. The second-order valence-corrected chi connectivity index (χ2v) is 2.39. The van der Waals surface area contributed by atoms with E-state index in [4.69, 9.17) is 10.2 Å². The number of hydrogen-bond acceptors (Lipinski definition) is 4. The maximum atomic E-state index is 10.2. The molecule has 0 aromatic carbocycles. The predicted molar refractivity (Wildman–Crippen MR) is 38.8 cm³/mol. The van der Waals surface area contributed by atoms with Crippen LogP contribution in [0.25, 0.3) is 0 Å². The van der Waals surface area contributed by atoms with E-state index in [1.807, 2.05) is 0 Å². The largest absolute Gasteiger partial charge is 0.393 e. The van der Waals surface area contributed by atoms with Crippen LogP contribution in [0, 0.1) is 10.1 Å². The van der Waals surface area contributed by atoms with Crippen LogP contribution in [0.4, 0.5) is 0 Å². The molecule has 0 rings (SSSR count). The molecular weight excluding hydrogens is 150 g/mol. The molecule has 2 unspecified atom stereocenters. The SMILES string of the molecule is CCCC(C(O)CO)[N+](=O)[O-]. The highest BCUT2D eigenvalue weighted by molar-refractivity contribution is 4.65. The molecule has 0 heterocycles. The minimum absolute atomic E-state index is 0.300. The van der Waals surface area contributed by atoms with E-state index in [0.29, 0.717) is 12.8 Å². The number of rotatable bonds is 5. The fourth-order valence-corrected chi connectivity index (χ4v) is 0.856. The number of nitrogens with zero attached hydrogens (tertiary/aromatic N) is 1. The first-order chi connectivity index (χ1) is 5.13. The summed E-state index contributed by atoms with van der Waals surface area (Å²) in [5, 5.41) is 27.6. The van der Waals surface area contributed by atoms with Crippen molar-refractivity contribution in [3.05, 3.63) is 10.1 Å². The topological polar surface area (TPSA) is 83.6 Å². The molecule has 0 bridgehead atoms. The summed E-state index contributed by atoms with van der Waals surface area (Å²) in [6.07, 6.45) is -0.304. The Bertz CT molecular complexity index is 128. The molecule has 0 aromatic rings. The molecule has 0 aliphatic heterocycles. The molecule has 2 N–H and O–H groups in total. The van der Waals surface area contributed by atoms with E-state index in [1.54, 1.807) is 6.92 Å². The third-order valence-corrected chi connectivity index (χ3v) is 1.49. The Hall–Kier alpha value is -0.680. The van der Waals surface area contributed by atoms with Crippen LogP contribution in [0.1, 0.15) is 19.8 Å². The van der Waals surface area contributed by atoms with Crippen molar-refractivity contribution in [3.8, 4) is 0 Å². The van der Waals surface area contributed by atoms with Gasteiger partial charge >= 0.3 is 0 Å². The standard InChI is InChI=1S/C6H13NO4/c1-2-3-5(7(10)11)6(9)4-8/h5-6,8-9H,2-4H2,1H3. The lowest BCUT2D eigenvalue weighted by Crippen LogP contribution is -2.35. The summed E-state index contributed by atoms with van der Waals surface area (Å²) in [4.78, 5) is 9.67. The van der Waals surface area contributed by atoms with Crippen LogP contribution < -0.4 is 0 Å². The highest BCUT2D eigenvalue weighted by Crippen LogP contribution is 2.05. The number of aliphatic hydroxyl groups is 2. The highest BCUT2D eigenvalue weighted by atomic mass is 16.6. The van der Waals surface area contributed by atoms with E-state index in [9.17, 15) is 10.1 Å². The number of hydrogen-bond donors (Lipinski definition) is 2. The Morgan fingerprint density at radius 3 is 2.45 bits per heavy atom. The molecule has 0 saturated heterocycles. The molecule has 0 saturated carbocycles. The van der Waals surface area contributed by atoms with Gasteiger partial charge in [0.2, 0.25) is 6.04 Å². The Labute approximate surface area is 64.8 Å². The molecular formula is C6H13NO4. The molecule has 0 spiro atoms. The Morgan fingerprint density at radius 1 is 1.64 bits per heavy atom. The minimum Gasteiger partial charge on any atom is -0.393 e. The molecule has 0 fully saturated rings. The molecule has 5 nitrogen and oxygen atoms in total. The van der Waals surface area contributed by atoms with Crippen LogP contribution >= 0.6 is 0 Å². The Kier molecular flexibility index (Phi) is 4.72. The first-order valence-corrected chi connectivity index (χ1v) is 3.55. The van der Waals surface area contributed by atoms with Gasteiger partial charge in [0.1, 0.15) is 6.10 Å². The van der Waals surface area contributed by atoms with Gasteiger partial charge in [0.15, 0.2) is 0 Å². The monoisotopic (exact) mass is 163 g/mol. The van der Waals surface area contributed by atoms with Crippen LogP contribution in [0.15, 0.2) is 0 Å². The fraction of sp³-hybridized carbons (Fsp3) is 1.00. The van der Waals surface area contributed by atoms with Crippen molar-refractivity contribution in [2.75, 3.05) is 6.61 Å². The average molecular weight is 163 g/mol. The van der Waals surface area contributed by atoms with Crippen molar-refractivity contribution in [3.63, 3.8) is 0 Å². The molecule has 0 aliphatic rings. The van der Waals surface area contributed by atoms with Crippen molar-refractivity contribution in [2.24, 2.45) is 0 Å². The molecule has 11 heavy (non-hydrogen) atoms. The summed E-state index contributed by atoms with van der Waals surface area (Å²) in [5.74, 6) is 0. The maximum absolute atomic E-state index is 10.2. The van der Waals surface area contributed by atoms with E-state index in [2.05, 4.69) is 0 Å². The molecule has 2 atom stereocenters. The summed E-state index contributed by atoms with van der Waals surface area (Å²) < 4.78 is 0. The van der Waals surface area contributed by atoms with Gasteiger partial charge in [-0.2, -0.15) is 0 Å². The van der Waals surface area contributed by atoms with Gasteiger partial charge in [0, 0.05) is 11.3 Å². The molecule has 0 aromatic heterocycles. The smallest absolute Gasteiger partial charge is 0.240 e. The van der Waals surface area contributed by atoms with Crippen molar-refractivity contribution >= 4 is 0 Å². The van der Waals surface area contributed by atoms with Gasteiger partial charge in [-0.25, -0.2) is 0 Å². The normalized spacial score (nSPS) is 15.9. The van der Waals surface area contributed by atoms with Crippen molar-refractivity contribution < 1.29 is 15.1 Å². The maximum Gasteiger partial charge on any atom is 0.240 e. The number of nitro groups is 1. The summed E-state index contributed by atoms with van der Waals surface area (Å²) in [6, 6.07) is -1.02. The third kappa shape index (κ3) is 3.29. The summed E-state index contributed by atoms with van der Waals surface area (Å²) >= 11 is 0. The van der Waals surface area contributed by atoms with Crippen LogP contribution in [0.3, 0.4) is 0 Å². The molecule has 5 heteroatoms. The fourth-order valence-electron chi connectivity index (χ4n) is 0.856. The zero-order valence-corrected chi connectivity index (χ0v) is 6.43. The van der Waals surface area contributed by atoms with Crippen molar-refractivity contribution in [1.29, 1.82) is 0 Å². The first-order valence-electron chi connectivity index (χ1n) is 3.55. The lowest BCUT2D eigenvalue weighted by Gasteiger charge is -2.12. The summed E-state index contributed by atoms with van der Waals surface area (Å²) in [7, 11) is 0. The van der Waals surface area contributed by atoms with Gasteiger partial charge in [0.05, 0.1) is 6.61 Å². The molecule has 0 amide bonds. The summed E-state index contributed by atoms with van der Waals surface area (Å²) in [6.45, 7) is 1.24. The van der Waals surface area contributed by atoms with Crippen molar-refractivity contribution in [2.45, 2.75) is 31.9 Å². The van der Waals surface area contributed by atoms with Crippen molar-refractivity contribution in [1.82, 2.24) is 0 Å². The zero-order valence-electron chi connectivity index (χ0n) is 6.43. The minimum atomic E-state index is -1.23. The van der Waals surface area contributed by atoms with Gasteiger partial charge < -0.3 is 10.2 Å². The quantitative estimate of drug-likeness (QED) is 0.433. The van der Waals surface area contributed by atoms with Gasteiger partial charge in [-0.15, -0.1) is 0 Å². The van der Waals surface area contributed by atoms with Gasteiger partial charge in [-0.1, -0.05) is 6.92 Å². The molecule has 66 valence electrons. The second kappa shape index (κ2) is 5.03. The van der Waals surface area contributed by atoms with Crippen LogP contribution in [0.2, 0.25) is 0 Å². The second-order valence-electron chi connectivity index (χ2n) is 2.39. The molecule has 0 radical (unpaired) electrons. The van der Waals surface area contributed by atoms with Crippen LogP contribution in [0.5, 0.6) is 0 Å². The van der Waals surface area contributed by atoms with Crippen LogP contribution in [-0.2, 0) is 0 Å². The van der Waals surface area contributed by atoms with E-state index in [1.165, 1.54) is 0 Å². The zero-order chi connectivity index (χ0) is 8.85. The van der Waals surface area contributed by atoms with E-state index in [0.717, 1.165) is 0 Å². The van der Waals surface area contributed by atoms with Crippen LogP contribution in [-0.4, -0.2) is 33.9 Å². The Balaban J connectivity index is 3.97. The van der Waals surface area contributed by atoms with E-state index >= 15 is 0 Å². The summed E-state index contributed by atoms with van der Waals surface area (Å²) in [5.41, 5.74) is 0. The average Bonchev–Trinajstić information content (AvgIpc) is 1.98. The van der Waals surface area contributed by atoms with E-state index < -0.39 is 23.7 Å². The molecule has 0 aliphatic carbocycles. The lowest BCUT2D eigenvalue weighted by molar-refractivity contribution is -0.536. The predicted octanol–water partition coefficient (Wildman–Crippen LogP) is -0.215. The Morgan fingerprint density at radius 2 is 2.18 bits per heavy atom.